The normalized spacial score (nSPS) is 20.2. The molecule has 2 aliphatic carbocycles. The predicted octanol–water partition coefficient (Wildman–Crippen LogP) is 1.62. The van der Waals surface area contributed by atoms with Crippen LogP contribution in [0.1, 0.15) is 37.2 Å². The van der Waals surface area contributed by atoms with E-state index in [9.17, 15) is 8.42 Å². The standard InChI is InChI=1S/C13H20N2O3S/c1-9-13(19(16,17)15(2)11-5-6-11)7-12(18-9)8-14-10-3-4-10/h7,10-11,14H,3-6,8H2,1-2H3. The molecule has 2 aliphatic rings. The van der Waals surface area contributed by atoms with Crippen molar-refractivity contribution in [2.24, 2.45) is 0 Å². The van der Waals surface area contributed by atoms with Crippen LogP contribution in [0, 0.1) is 6.92 Å². The van der Waals surface area contributed by atoms with Gasteiger partial charge in [0.05, 0.1) is 6.54 Å². The first kappa shape index (κ1) is 13.1. The lowest BCUT2D eigenvalue weighted by Crippen LogP contribution is -2.29. The van der Waals surface area contributed by atoms with Gasteiger partial charge in [-0.3, -0.25) is 0 Å². The zero-order valence-electron chi connectivity index (χ0n) is 11.3. The molecule has 6 heteroatoms. The molecule has 0 saturated heterocycles. The maximum absolute atomic E-state index is 12.4. The molecule has 1 aromatic heterocycles. The molecule has 5 nitrogen and oxygen atoms in total. The first-order valence-corrected chi connectivity index (χ1v) is 8.23. The highest BCUT2D eigenvalue weighted by Crippen LogP contribution is 2.32. The van der Waals surface area contributed by atoms with E-state index in [1.807, 2.05) is 0 Å². The maximum atomic E-state index is 12.4. The zero-order valence-corrected chi connectivity index (χ0v) is 12.2. The minimum absolute atomic E-state index is 0.173. The molecule has 1 aromatic rings. The monoisotopic (exact) mass is 284 g/mol. The SMILES string of the molecule is Cc1oc(CNC2CC2)cc1S(=O)(=O)N(C)C1CC1. The van der Waals surface area contributed by atoms with Crippen LogP contribution in [0.3, 0.4) is 0 Å². The Kier molecular flexibility index (Phi) is 3.19. The Morgan fingerprint density at radius 2 is 2.05 bits per heavy atom. The topological polar surface area (TPSA) is 62.6 Å². The lowest BCUT2D eigenvalue weighted by molar-refractivity contribution is 0.446. The lowest BCUT2D eigenvalue weighted by Gasteiger charge is -2.15. The van der Waals surface area contributed by atoms with Crippen molar-refractivity contribution >= 4 is 10.0 Å². The predicted molar refractivity (Wildman–Crippen MR) is 71.3 cm³/mol. The third-order valence-corrected chi connectivity index (χ3v) is 5.80. The number of aryl methyl sites for hydroxylation is 1. The van der Waals surface area contributed by atoms with Crippen LogP contribution in [0.15, 0.2) is 15.4 Å². The zero-order chi connectivity index (χ0) is 13.6. The van der Waals surface area contributed by atoms with E-state index in [0.717, 1.165) is 12.8 Å². The largest absolute Gasteiger partial charge is 0.464 e. The Bertz CT molecular complexity index is 571. The Morgan fingerprint density at radius 1 is 1.37 bits per heavy atom. The maximum Gasteiger partial charge on any atom is 0.246 e. The summed E-state index contributed by atoms with van der Waals surface area (Å²) in [6.07, 6.45) is 4.33. The van der Waals surface area contributed by atoms with Crippen molar-refractivity contribution in [1.82, 2.24) is 9.62 Å². The Hall–Kier alpha value is -0.850. The summed E-state index contributed by atoms with van der Waals surface area (Å²) >= 11 is 0. The summed E-state index contributed by atoms with van der Waals surface area (Å²) in [7, 11) is -1.74. The van der Waals surface area contributed by atoms with Crippen LogP contribution < -0.4 is 5.32 Å². The van der Waals surface area contributed by atoms with Gasteiger partial charge in [0.15, 0.2) is 0 Å². The van der Waals surface area contributed by atoms with Crippen molar-refractivity contribution in [3.63, 3.8) is 0 Å². The van der Waals surface area contributed by atoms with Crippen molar-refractivity contribution in [1.29, 1.82) is 0 Å². The van der Waals surface area contributed by atoms with Gasteiger partial charge in [-0.1, -0.05) is 0 Å². The summed E-state index contributed by atoms with van der Waals surface area (Å²) in [5.41, 5.74) is 0. The number of hydrogen-bond donors (Lipinski definition) is 1. The van der Waals surface area contributed by atoms with Gasteiger partial charge in [0.2, 0.25) is 10.0 Å². The van der Waals surface area contributed by atoms with Gasteiger partial charge < -0.3 is 9.73 Å². The Morgan fingerprint density at radius 3 is 2.63 bits per heavy atom. The molecule has 0 aliphatic heterocycles. The fourth-order valence-corrected chi connectivity index (χ4v) is 3.79. The summed E-state index contributed by atoms with van der Waals surface area (Å²) in [6, 6.07) is 2.42. The smallest absolute Gasteiger partial charge is 0.246 e. The van der Waals surface area contributed by atoms with E-state index >= 15 is 0 Å². The number of nitrogens with one attached hydrogen (secondary N) is 1. The van der Waals surface area contributed by atoms with Gasteiger partial charge in [-0.25, -0.2) is 8.42 Å². The average molecular weight is 284 g/mol. The minimum atomic E-state index is -3.40. The van der Waals surface area contributed by atoms with Gasteiger partial charge in [0.25, 0.3) is 0 Å². The molecule has 0 atom stereocenters. The van der Waals surface area contributed by atoms with Gasteiger partial charge in [-0.2, -0.15) is 4.31 Å². The number of sulfonamides is 1. The molecule has 3 rings (SSSR count). The fourth-order valence-electron chi connectivity index (χ4n) is 2.19. The average Bonchev–Trinajstić information content (AvgIpc) is 3.24. The van der Waals surface area contributed by atoms with Gasteiger partial charge >= 0.3 is 0 Å². The second-order valence-corrected chi connectivity index (χ2v) is 7.51. The second-order valence-electron chi connectivity index (χ2n) is 5.54. The van der Waals surface area contributed by atoms with E-state index in [1.54, 1.807) is 20.0 Å². The van der Waals surface area contributed by atoms with Crippen LogP contribution in [-0.4, -0.2) is 31.9 Å². The third kappa shape index (κ3) is 2.70. The molecule has 106 valence electrons. The summed E-state index contributed by atoms with van der Waals surface area (Å²) in [5, 5.41) is 3.33. The number of hydrogen-bond acceptors (Lipinski definition) is 4. The van der Waals surface area contributed by atoms with Gasteiger partial charge in [0.1, 0.15) is 16.4 Å². The summed E-state index contributed by atoms with van der Waals surface area (Å²) in [4.78, 5) is 0.314. The summed E-state index contributed by atoms with van der Waals surface area (Å²) < 4.78 is 31.9. The van der Waals surface area contributed by atoms with Crippen LogP contribution in [0.4, 0.5) is 0 Å². The van der Waals surface area contributed by atoms with E-state index in [-0.39, 0.29) is 6.04 Å². The van der Waals surface area contributed by atoms with Crippen molar-refractivity contribution in [2.75, 3.05) is 7.05 Å². The van der Waals surface area contributed by atoms with Crippen molar-refractivity contribution in [3.8, 4) is 0 Å². The molecule has 0 spiro atoms. The molecule has 19 heavy (non-hydrogen) atoms. The van der Waals surface area contributed by atoms with Crippen LogP contribution in [0.2, 0.25) is 0 Å². The van der Waals surface area contributed by atoms with Crippen LogP contribution in [0.25, 0.3) is 0 Å². The molecule has 0 aromatic carbocycles. The molecule has 0 radical (unpaired) electrons. The lowest BCUT2D eigenvalue weighted by atomic mass is 10.4. The molecule has 2 saturated carbocycles. The van der Waals surface area contributed by atoms with Crippen LogP contribution in [-0.2, 0) is 16.6 Å². The molecular formula is C13H20N2O3S. The van der Waals surface area contributed by atoms with Gasteiger partial charge in [-0.15, -0.1) is 0 Å². The highest BCUT2D eigenvalue weighted by Gasteiger charge is 2.36. The first-order chi connectivity index (χ1) is 8.98. The van der Waals surface area contributed by atoms with Crippen molar-refractivity contribution in [3.05, 3.63) is 17.6 Å². The molecule has 0 amide bonds. The molecule has 0 unspecified atom stereocenters. The molecule has 1 heterocycles. The Labute approximate surface area is 114 Å². The van der Waals surface area contributed by atoms with Crippen molar-refractivity contribution < 1.29 is 12.8 Å². The Balaban J connectivity index is 1.78. The highest BCUT2D eigenvalue weighted by molar-refractivity contribution is 7.89. The number of nitrogens with zero attached hydrogens (tertiary/aromatic N) is 1. The first-order valence-electron chi connectivity index (χ1n) is 6.79. The van der Waals surface area contributed by atoms with E-state index < -0.39 is 10.0 Å². The van der Waals surface area contributed by atoms with E-state index in [2.05, 4.69) is 5.32 Å². The van der Waals surface area contributed by atoms with Gasteiger partial charge in [0, 0.05) is 25.2 Å². The molecule has 1 N–H and O–H groups in total. The molecule has 2 fully saturated rings. The van der Waals surface area contributed by atoms with Crippen LogP contribution in [0.5, 0.6) is 0 Å². The minimum Gasteiger partial charge on any atom is -0.464 e. The van der Waals surface area contributed by atoms with Crippen LogP contribution >= 0.6 is 0 Å². The van der Waals surface area contributed by atoms with Crippen molar-refractivity contribution in [2.45, 2.75) is 56.1 Å². The quantitative estimate of drug-likeness (QED) is 0.862. The third-order valence-electron chi connectivity index (χ3n) is 3.78. The van der Waals surface area contributed by atoms with E-state index in [4.69, 9.17) is 4.42 Å². The van der Waals surface area contributed by atoms with Gasteiger partial charge in [-0.05, 0) is 32.6 Å². The number of rotatable bonds is 6. The summed E-state index contributed by atoms with van der Waals surface area (Å²) in [5.74, 6) is 1.19. The second kappa shape index (κ2) is 4.61. The highest BCUT2D eigenvalue weighted by atomic mass is 32.2. The fraction of sp³-hybridized carbons (Fsp3) is 0.692. The van der Waals surface area contributed by atoms with E-state index in [0.29, 0.717) is 29.0 Å². The molecule has 0 bridgehead atoms. The molecular weight excluding hydrogens is 264 g/mol. The number of furan rings is 1. The summed E-state index contributed by atoms with van der Waals surface area (Å²) in [6.45, 7) is 2.32. The van der Waals surface area contributed by atoms with E-state index in [1.165, 1.54) is 17.1 Å².